The highest BCUT2D eigenvalue weighted by molar-refractivity contribution is 9.10. The normalized spacial score (nSPS) is 12.2. The smallest absolute Gasteiger partial charge is 0.316 e. The zero-order valence-electron chi connectivity index (χ0n) is 9.47. The van der Waals surface area contributed by atoms with Crippen LogP contribution in [0.2, 0.25) is 5.02 Å². The Hall–Kier alpha value is -1.17. The number of aliphatic hydroxyl groups is 1. The Morgan fingerprint density at radius 1 is 1.28 bits per heavy atom. The van der Waals surface area contributed by atoms with E-state index >= 15 is 0 Å². The zero-order valence-corrected chi connectivity index (χ0v) is 11.8. The van der Waals surface area contributed by atoms with Crippen LogP contribution in [0.25, 0.3) is 0 Å². The number of halogens is 2. The molecular weight excluding hydrogens is 320 g/mol. The van der Waals surface area contributed by atoms with E-state index in [0.29, 0.717) is 16.1 Å². The van der Waals surface area contributed by atoms with Crippen molar-refractivity contribution in [3.05, 3.63) is 51.2 Å². The molecule has 1 unspecified atom stereocenters. The van der Waals surface area contributed by atoms with Crippen molar-refractivity contribution in [2.24, 2.45) is 0 Å². The fourth-order valence-corrected chi connectivity index (χ4v) is 1.88. The number of hydrogen-bond donors (Lipinski definition) is 1. The minimum Gasteiger partial charge on any atom is -0.467 e. The third-order valence-electron chi connectivity index (χ3n) is 2.41. The average molecular weight is 330 g/mol. The standard InChI is InChI=1S/C12H10BrClN2O2/c1-18-12-15-5-8(6-16-12)11(17)7-2-3-9(13)10(14)4-7/h2-6,11,17H,1H3. The van der Waals surface area contributed by atoms with Crippen molar-refractivity contribution in [3.63, 3.8) is 0 Å². The summed E-state index contributed by atoms with van der Waals surface area (Å²) >= 11 is 9.28. The summed E-state index contributed by atoms with van der Waals surface area (Å²) in [6, 6.07) is 5.52. The largest absolute Gasteiger partial charge is 0.467 e. The van der Waals surface area contributed by atoms with Gasteiger partial charge in [0.05, 0.1) is 12.1 Å². The number of methoxy groups -OCH3 is 1. The first-order valence-electron chi connectivity index (χ1n) is 5.10. The van der Waals surface area contributed by atoms with E-state index in [1.807, 2.05) is 0 Å². The lowest BCUT2D eigenvalue weighted by Gasteiger charge is -2.11. The third-order valence-corrected chi connectivity index (χ3v) is 3.64. The first kappa shape index (κ1) is 13.3. The quantitative estimate of drug-likeness (QED) is 0.940. The molecule has 0 saturated carbocycles. The van der Waals surface area contributed by atoms with Gasteiger partial charge in [-0.25, -0.2) is 9.97 Å². The van der Waals surface area contributed by atoms with Crippen LogP contribution < -0.4 is 4.74 Å². The van der Waals surface area contributed by atoms with E-state index in [4.69, 9.17) is 16.3 Å². The maximum atomic E-state index is 10.2. The van der Waals surface area contributed by atoms with Crippen LogP contribution in [-0.4, -0.2) is 22.2 Å². The molecule has 6 heteroatoms. The van der Waals surface area contributed by atoms with Gasteiger partial charge in [-0.1, -0.05) is 17.7 Å². The lowest BCUT2D eigenvalue weighted by molar-refractivity contribution is 0.219. The molecule has 0 saturated heterocycles. The number of hydrogen-bond acceptors (Lipinski definition) is 4. The molecule has 0 bridgehead atoms. The van der Waals surface area contributed by atoms with Gasteiger partial charge in [0.1, 0.15) is 6.10 Å². The Morgan fingerprint density at radius 3 is 2.50 bits per heavy atom. The van der Waals surface area contributed by atoms with Gasteiger partial charge in [0.15, 0.2) is 0 Å². The Labute approximate surface area is 118 Å². The number of benzene rings is 1. The van der Waals surface area contributed by atoms with Gasteiger partial charge < -0.3 is 9.84 Å². The summed E-state index contributed by atoms with van der Waals surface area (Å²) in [5.41, 5.74) is 1.26. The zero-order chi connectivity index (χ0) is 13.1. The summed E-state index contributed by atoms with van der Waals surface area (Å²) < 4.78 is 5.64. The van der Waals surface area contributed by atoms with Gasteiger partial charge in [-0.05, 0) is 33.6 Å². The first-order valence-corrected chi connectivity index (χ1v) is 6.28. The van der Waals surface area contributed by atoms with E-state index in [0.717, 1.165) is 4.47 Å². The van der Waals surface area contributed by atoms with Crippen LogP contribution in [0.4, 0.5) is 0 Å². The van der Waals surface area contributed by atoms with Gasteiger partial charge in [-0.3, -0.25) is 0 Å². The number of rotatable bonds is 3. The molecule has 1 N–H and O–H groups in total. The molecule has 94 valence electrons. The minimum atomic E-state index is -0.818. The lowest BCUT2D eigenvalue weighted by Crippen LogP contribution is -2.02. The SMILES string of the molecule is COc1ncc(C(O)c2ccc(Br)c(Cl)c2)cn1. The average Bonchev–Trinajstić information content (AvgIpc) is 2.41. The van der Waals surface area contributed by atoms with E-state index < -0.39 is 6.10 Å². The van der Waals surface area contributed by atoms with Crippen LogP contribution in [0.3, 0.4) is 0 Å². The summed E-state index contributed by atoms with van der Waals surface area (Å²) in [5, 5.41) is 10.7. The fourth-order valence-electron chi connectivity index (χ4n) is 1.45. The van der Waals surface area contributed by atoms with Crippen molar-refractivity contribution in [3.8, 4) is 6.01 Å². The van der Waals surface area contributed by atoms with Crippen molar-refractivity contribution in [2.45, 2.75) is 6.10 Å². The molecule has 18 heavy (non-hydrogen) atoms. The van der Waals surface area contributed by atoms with Crippen molar-refractivity contribution in [2.75, 3.05) is 7.11 Å². The summed E-state index contributed by atoms with van der Waals surface area (Å²) in [4.78, 5) is 7.90. The number of nitrogens with zero attached hydrogens (tertiary/aromatic N) is 2. The molecule has 4 nitrogen and oxygen atoms in total. The van der Waals surface area contributed by atoms with E-state index in [9.17, 15) is 5.11 Å². The molecule has 0 spiro atoms. The van der Waals surface area contributed by atoms with E-state index in [2.05, 4.69) is 25.9 Å². The number of ether oxygens (including phenoxy) is 1. The van der Waals surface area contributed by atoms with Crippen molar-refractivity contribution in [1.82, 2.24) is 9.97 Å². The number of aromatic nitrogens is 2. The van der Waals surface area contributed by atoms with Crippen LogP contribution in [0.1, 0.15) is 17.2 Å². The highest BCUT2D eigenvalue weighted by Crippen LogP contribution is 2.28. The summed E-state index contributed by atoms with van der Waals surface area (Å²) in [6.45, 7) is 0. The van der Waals surface area contributed by atoms with E-state index in [1.54, 1.807) is 18.2 Å². The molecule has 0 radical (unpaired) electrons. The second-order valence-electron chi connectivity index (χ2n) is 3.58. The van der Waals surface area contributed by atoms with E-state index in [1.165, 1.54) is 19.5 Å². The topological polar surface area (TPSA) is 55.2 Å². The van der Waals surface area contributed by atoms with Gasteiger partial charge >= 0.3 is 6.01 Å². The van der Waals surface area contributed by atoms with Gasteiger partial charge in [0, 0.05) is 22.4 Å². The molecule has 0 aliphatic rings. The minimum absolute atomic E-state index is 0.264. The van der Waals surface area contributed by atoms with Gasteiger partial charge in [0.2, 0.25) is 0 Å². The maximum absolute atomic E-state index is 10.2. The van der Waals surface area contributed by atoms with Gasteiger partial charge in [-0.2, -0.15) is 0 Å². The molecular formula is C12H10BrClN2O2. The summed E-state index contributed by atoms with van der Waals surface area (Å²) in [6.07, 6.45) is 2.22. The monoisotopic (exact) mass is 328 g/mol. The molecule has 2 rings (SSSR count). The Kier molecular flexibility index (Phi) is 4.16. The predicted molar refractivity (Wildman–Crippen MR) is 71.8 cm³/mol. The van der Waals surface area contributed by atoms with Crippen LogP contribution in [0.5, 0.6) is 6.01 Å². The second kappa shape index (κ2) is 5.65. The van der Waals surface area contributed by atoms with Gasteiger partial charge in [0.25, 0.3) is 0 Å². The fraction of sp³-hybridized carbons (Fsp3) is 0.167. The molecule has 0 aliphatic heterocycles. The molecule has 0 fully saturated rings. The highest BCUT2D eigenvalue weighted by Gasteiger charge is 2.13. The van der Waals surface area contributed by atoms with Crippen LogP contribution in [0, 0.1) is 0 Å². The first-order chi connectivity index (χ1) is 8.61. The predicted octanol–water partition coefficient (Wildman–Crippen LogP) is 2.98. The lowest BCUT2D eigenvalue weighted by atomic mass is 10.0. The Bertz CT molecular complexity index is 548. The van der Waals surface area contributed by atoms with Crippen LogP contribution in [-0.2, 0) is 0 Å². The highest BCUT2D eigenvalue weighted by atomic mass is 79.9. The van der Waals surface area contributed by atoms with Gasteiger partial charge in [-0.15, -0.1) is 0 Å². The Morgan fingerprint density at radius 2 is 1.94 bits per heavy atom. The maximum Gasteiger partial charge on any atom is 0.316 e. The molecule has 1 atom stereocenters. The van der Waals surface area contributed by atoms with Crippen molar-refractivity contribution >= 4 is 27.5 Å². The third kappa shape index (κ3) is 2.80. The van der Waals surface area contributed by atoms with Crippen LogP contribution >= 0.6 is 27.5 Å². The summed E-state index contributed by atoms with van der Waals surface area (Å²) in [5.74, 6) is 0. The van der Waals surface area contributed by atoms with E-state index in [-0.39, 0.29) is 6.01 Å². The van der Waals surface area contributed by atoms with Crippen molar-refractivity contribution < 1.29 is 9.84 Å². The molecule has 1 aromatic heterocycles. The Balaban J connectivity index is 2.28. The second-order valence-corrected chi connectivity index (χ2v) is 4.84. The molecule has 1 heterocycles. The molecule has 2 aromatic rings. The van der Waals surface area contributed by atoms with Crippen molar-refractivity contribution in [1.29, 1.82) is 0 Å². The number of aliphatic hydroxyl groups excluding tert-OH is 1. The summed E-state index contributed by atoms with van der Waals surface area (Å²) in [7, 11) is 1.49. The molecule has 0 amide bonds. The molecule has 1 aromatic carbocycles. The molecule has 0 aliphatic carbocycles. The van der Waals surface area contributed by atoms with Crippen LogP contribution in [0.15, 0.2) is 35.1 Å².